The SMILES string of the molecule is Cc1csc(CC2(O)CC(C(C)C)C2)n1. The molecule has 1 aromatic rings. The molecule has 84 valence electrons. The number of thiazole rings is 1. The van der Waals surface area contributed by atoms with Crippen molar-refractivity contribution in [2.45, 2.75) is 45.6 Å². The van der Waals surface area contributed by atoms with Crippen LogP contribution in [0, 0.1) is 18.8 Å². The molecule has 0 radical (unpaired) electrons. The molecular weight excluding hydrogens is 206 g/mol. The summed E-state index contributed by atoms with van der Waals surface area (Å²) < 4.78 is 0. The number of rotatable bonds is 3. The van der Waals surface area contributed by atoms with Gasteiger partial charge in [-0.3, -0.25) is 0 Å². The van der Waals surface area contributed by atoms with Crippen molar-refractivity contribution in [1.29, 1.82) is 0 Å². The fourth-order valence-electron chi connectivity index (χ4n) is 2.30. The monoisotopic (exact) mass is 225 g/mol. The molecule has 1 aliphatic carbocycles. The Morgan fingerprint density at radius 3 is 2.73 bits per heavy atom. The smallest absolute Gasteiger partial charge is 0.0956 e. The quantitative estimate of drug-likeness (QED) is 0.858. The second-order valence-electron chi connectivity index (χ2n) is 5.20. The van der Waals surface area contributed by atoms with Crippen LogP contribution in [-0.4, -0.2) is 15.7 Å². The molecule has 0 saturated heterocycles. The Hall–Kier alpha value is -0.410. The summed E-state index contributed by atoms with van der Waals surface area (Å²) in [5.74, 6) is 1.40. The zero-order valence-electron chi connectivity index (χ0n) is 9.66. The van der Waals surface area contributed by atoms with Gasteiger partial charge in [0.2, 0.25) is 0 Å². The Balaban J connectivity index is 1.91. The standard InChI is InChI=1S/C12H19NOS/c1-8(2)10-4-12(14,5-10)6-11-13-9(3)7-15-11/h7-8,10,14H,4-6H2,1-3H3. The lowest BCUT2D eigenvalue weighted by Crippen LogP contribution is -2.47. The van der Waals surface area contributed by atoms with E-state index in [4.69, 9.17) is 0 Å². The Labute approximate surface area is 95.4 Å². The maximum absolute atomic E-state index is 10.3. The van der Waals surface area contributed by atoms with Gasteiger partial charge in [0.25, 0.3) is 0 Å². The fraction of sp³-hybridized carbons (Fsp3) is 0.750. The second kappa shape index (κ2) is 3.87. The fourth-order valence-corrected chi connectivity index (χ4v) is 3.21. The zero-order valence-corrected chi connectivity index (χ0v) is 10.5. The van der Waals surface area contributed by atoms with Gasteiger partial charge in [-0.2, -0.15) is 0 Å². The summed E-state index contributed by atoms with van der Waals surface area (Å²) in [6.07, 6.45) is 2.64. The molecule has 0 spiro atoms. The van der Waals surface area contributed by atoms with Crippen molar-refractivity contribution < 1.29 is 5.11 Å². The molecule has 1 saturated carbocycles. The van der Waals surface area contributed by atoms with Gasteiger partial charge < -0.3 is 5.11 Å². The molecule has 15 heavy (non-hydrogen) atoms. The average Bonchev–Trinajstić information content (AvgIpc) is 2.46. The first-order valence-electron chi connectivity index (χ1n) is 5.62. The number of aromatic nitrogens is 1. The van der Waals surface area contributed by atoms with Crippen molar-refractivity contribution in [2.24, 2.45) is 11.8 Å². The largest absolute Gasteiger partial charge is 0.389 e. The van der Waals surface area contributed by atoms with E-state index in [-0.39, 0.29) is 0 Å². The van der Waals surface area contributed by atoms with Gasteiger partial charge in [0.1, 0.15) is 0 Å². The number of aliphatic hydroxyl groups is 1. The van der Waals surface area contributed by atoms with Gasteiger partial charge in [-0.15, -0.1) is 11.3 Å². The van der Waals surface area contributed by atoms with Gasteiger partial charge in [-0.05, 0) is 31.6 Å². The summed E-state index contributed by atoms with van der Waals surface area (Å²) >= 11 is 1.66. The highest BCUT2D eigenvalue weighted by molar-refractivity contribution is 7.09. The number of aryl methyl sites for hydroxylation is 1. The highest BCUT2D eigenvalue weighted by Crippen LogP contribution is 2.44. The molecule has 1 N–H and O–H groups in total. The van der Waals surface area contributed by atoms with Crippen molar-refractivity contribution in [3.05, 3.63) is 16.1 Å². The molecule has 0 aromatic carbocycles. The first-order chi connectivity index (χ1) is 6.98. The van der Waals surface area contributed by atoms with Gasteiger partial charge in [-0.25, -0.2) is 4.98 Å². The van der Waals surface area contributed by atoms with E-state index >= 15 is 0 Å². The van der Waals surface area contributed by atoms with Crippen LogP contribution in [0.2, 0.25) is 0 Å². The van der Waals surface area contributed by atoms with Crippen LogP contribution >= 0.6 is 11.3 Å². The summed E-state index contributed by atoms with van der Waals surface area (Å²) in [5.41, 5.74) is 0.609. The molecule has 1 fully saturated rings. The summed E-state index contributed by atoms with van der Waals surface area (Å²) in [6.45, 7) is 6.47. The third-order valence-electron chi connectivity index (χ3n) is 3.37. The van der Waals surface area contributed by atoms with Crippen molar-refractivity contribution in [3.8, 4) is 0 Å². The molecule has 0 amide bonds. The minimum absolute atomic E-state index is 0.459. The lowest BCUT2D eigenvalue weighted by molar-refractivity contribution is -0.0860. The van der Waals surface area contributed by atoms with Crippen molar-refractivity contribution >= 4 is 11.3 Å². The van der Waals surface area contributed by atoms with Crippen molar-refractivity contribution in [1.82, 2.24) is 4.98 Å². The van der Waals surface area contributed by atoms with Gasteiger partial charge in [0, 0.05) is 17.5 Å². The topological polar surface area (TPSA) is 33.1 Å². The molecular formula is C12H19NOS. The van der Waals surface area contributed by atoms with Gasteiger partial charge in [0.05, 0.1) is 10.6 Å². The van der Waals surface area contributed by atoms with Gasteiger partial charge in [-0.1, -0.05) is 13.8 Å². The van der Waals surface area contributed by atoms with E-state index < -0.39 is 5.60 Å². The van der Waals surface area contributed by atoms with E-state index in [1.807, 2.05) is 6.92 Å². The van der Waals surface area contributed by atoms with E-state index in [2.05, 4.69) is 24.2 Å². The minimum Gasteiger partial charge on any atom is -0.389 e. The molecule has 1 aliphatic rings. The average molecular weight is 225 g/mol. The summed E-state index contributed by atoms with van der Waals surface area (Å²) in [7, 11) is 0. The number of nitrogens with zero attached hydrogens (tertiary/aromatic N) is 1. The third kappa shape index (κ3) is 2.40. The van der Waals surface area contributed by atoms with Crippen molar-refractivity contribution in [2.75, 3.05) is 0 Å². The third-order valence-corrected chi connectivity index (χ3v) is 4.34. The van der Waals surface area contributed by atoms with E-state index in [0.717, 1.165) is 30.0 Å². The van der Waals surface area contributed by atoms with E-state index in [1.165, 1.54) is 0 Å². The maximum atomic E-state index is 10.3. The van der Waals surface area contributed by atoms with Crippen LogP contribution in [0.15, 0.2) is 5.38 Å². The predicted octanol–water partition coefficient (Wildman–Crippen LogP) is 2.79. The molecule has 0 aliphatic heterocycles. The molecule has 0 atom stereocenters. The molecule has 1 aromatic heterocycles. The molecule has 3 heteroatoms. The summed E-state index contributed by atoms with van der Waals surface area (Å²) in [6, 6.07) is 0. The first-order valence-corrected chi connectivity index (χ1v) is 6.50. The van der Waals surface area contributed by atoms with Crippen LogP contribution in [0.4, 0.5) is 0 Å². The summed E-state index contributed by atoms with van der Waals surface area (Å²) in [5, 5.41) is 13.4. The Morgan fingerprint density at radius 2 is 2.27 bits per heavy atom. The molecule has 2 rings (SSSR count). The molecule has 1 heterocycles. The van der Waals surface area contributed by atoms with E-state index in [9.17, 15) is 5.11 Å². The highest BCUT2D eigenvalue weighted by Gasteiger charge is 2.44. The Morgan fingerprint density at radius 1 is 1.60 bits per heavy atom. The lowest BCUT2D eigenvalue weighted by Gasteiger charge is -2.45. The molecule has 0 bridgehead atoms. The summed E-state index contributed by atoms with van der Waals surface area (Å²) in [4.78, 5) is 4.41. The lowest BCUT2D eigenvalue weighted by atomic mass is 9.65. The van der Waals surface area contributed by atoms with Crippen LogP contribution in [0.3, 0.4) is 0 Å². The van der Waals surface area contributed by atoms with Crippen LogP contribution in [0.5, 0.6) is 0 Å². The Kier molecular flexibility index (Phi) is 2.86. The van der Waals surface area contributed by atoms with Crippen LogP contribution in [-0.2, 0) is 6.42 Å². The number of hydrogen-bond acceptors (Lipinski definition) is 3. The molecule has 0 unspecified atom stereocenters. The minimum atomic E-state index is -0.459. The van der Waals surface area contributed by atoms with Gasteiger partial charge in [0.15, 0.2) is 0 Å². The zero-order chi connectivity index (χ0) is 11.1. The Bertz CT molecular complexity index is 339. The molecule has 2 nitrogen and oxygen atoms in total. The highest BCUT2D eigenvalue weighted by atomic mass is 32.1. The predicted molar refractivity (Wildman–Crippen MR) is 63.1 cm³/mol. The van der Waals surface area contributed by atoms with E-state index in [1.54, 1.807) is 11.3 Å². The normalized spacial score (nSPS) is 30.6. The van der Waals surface area contributed by atoms with Gasteiger partial charge >= 0.3 is 0 Å². The number of hydrogen-bond donors (Lipinski definition) is 1. The second-order valence-corrected chi connectivity index (χ2v) is 6.14. The van der Waals surface area contributed by atoms with Crippen LogP contribution in [0.1, 0.15) is 37.4 Å². The van der Waals surface area contributed by atoms with Crippen LogP contribution < -0.4 is 0 Å². The maximum Gasteiger partial charge on any atom is 0.0956 e. The van der Waals surface area contributed by atoms with Crippen LogP contribution in [0.25, 0.3) is 0 Å². The van der Waals surface area contributed by atoms with Crippen molar-refractivity contribution in [3.63, 3.8) is 0 Å². The van der Waals surface area contributed by atoms with E-state index in [0.29, 0.717) is 11.8 Å². The first kappa shape index (κ1) is 11.1.